The number of piperazine rings is 1. The largest absolute Gasteiger partial charge is 0.324 e. The van der Waals surface area contributed by atoms with Crippen molar-refractivity contribution < 1.29 is 8.42 Å². The summed E-state index contributed by atoms with van der Waals surface area (Å²) in [5.41, 5.74) is 6.61. The van der Waals surface area contributed by atoms with Gasteiger partial charge in [0.1, 0.15) is 0 Å². The van der Waals surface area contributed by atoms with Crippen molar-refractivity contribution in [1.29, 1.82) is 0 Å². The van der Waals surface area contributed by atoms with Gasteiger partial charge in [0, 0.05) is 38.3 Å². The molecular formula is C15H25N3O2S. The molecule has 0 atom stereocenters. The second kappa shape index (κ2) is 6.44. The van der Waals surface area contributed by atoms with E-state index in [9.17, 15) is 8.42 Å². The summed E-state index contributed by atoms with van der Waals surface area (Å²) in [6.07, 6.45) is 0. The van der Waals surface area contributed by atoms with Crippen LogP contribution in [0.25, 0.3) is 0 Å². The second-order valence-electron chi connectivity index (χ2n) is 6.41. The molecule has 1 aromatic rings. The van der Waals surface area contributed by atoms with E-state index in [0.29, 0.717) is 13.1 Å². The van der Waals surface area contributed by atoms with Gasteiger partial charge < -0.3 is 5.73 Å². The Kier molecular flexibility index (Phi) is 5.03. The Labute approximate surface area is 127 Å². The fraction of sp³-hybridized carbons (Fsp3) is 0.600. The van der Waals surface area contributed by atoms with Crippen molar-refractivity contribution in [1.82, 2.24) is 9.21 Å². The number of benzene rings is 1. The number of rotatable bonds is 5. The molecule has 1 heterocycles. The fourth-order valence-electron chi connectivity index (χ4n) is 2.62. The van der Waals surface area contributed by atoms with Crippen molar-refractivity contribution >= 4 is 10.0 Å². The van der Waals surface area contributed by atoms with E-state index in [0.717, 1.165) is 25.2 Å². The molecular weight excluding hydrogens is 286 g/mol. The predicted molar refractivity (Wildman–Crippen MR) is 85.3 cm³/mol. The SMILES string of the molecule is CC(C)(N)CN1CCN(S(=O)(=O)Cc2ccccc2)CC1. The summed E-state index contributed by atoms with van der Waals surface area (Å²) in [5, 5.41) is 0. The minimum absolute atomic E-state index is 0.0796. The molecule has 1 fully saturated rings. The molecule has 1 saturated heterocycles. The summed E-state index contributed by atoms with van der Waals surface area (Å²) in [4.78, 5) is 2.23. The Morgan fingerprint density at radius 2 is 1.67 bits per heavy atom. The van der Waals surface area contributed by atoms with Gasteiger partial charge in [-0.15, -0.1) is 0 Å². The van der Waals surface area contributed by atoms with Gasteiger partial charge in [0.2, 0.25) is 10.0 Å². The monoisotopic (exact) mass is 311 g/mol. The lowest BCUT2D eigenvalue weighted by atomic mass is 10.1. The number of hydrogen-bond donors (Lipinski definition) is 1. The van der Waals surface area contributed by atoms with Crippen LogP contribution in [0.15, 0.2) is 30.3 Å². The normalized spacial score (nSPS) is 18.8. The Morgan fingerprint density at radius 1 is 1.10 bits per heavy atom. The standard InChI is InChI=1S/C15H25N3O2S/c1-15(2,16)13-17-8-10-18(11-9-17)21(19,20)12-14-6-4-3-5-7-14/h3-7H,8-13,16H2,1-2H3. The summed E-state index contributed by atoms with van der Waals surface area (Å²) in [7, 11) is -3.23. The molecule has 0 aliphatic carbocycles. The molecule has 1 aliphatic rings. The van der Waals surface area contributed by atoms with Crippen molar-refractivity contribution in [2.45, 2.75) is 25.1 Å². The average Bonchev–Trinajstić information content (AvgIpc) is 2.38. The first-order chi connectivity index (χ1) is 9.76. The van der Waals surface area contributed by atoms with Gasteiger partial charge in [-0.3, -0.25) is 4.90 Å². The van der Waals surface area contributed by atoms with Crippen LogP contribution >= 0.6 is 0 Å². The molecule has 0 bridgehead atoms. The zero-order chi connectivity index (χ0) is 15.5. The zero-order valence-electron chi connectivity index (χ0n) is 12.8. The van der Waals surface area contributed by atoms with Gasteiger partial charge in [-0.1, -0.05) is 30.3 Å². The first-order valence-electron chi connectivity index (χ1n) is 7.29. The van der Waals surface area contributed by atoms with Gasteiger partial charge in [0.05, 0.1) is 5.75 Å². The summed E-state index contributed by atoms with van der Waals surface area (Å²) >= 11 is 0. The van der Waals surface area contributed by atoms with E-state index in [1.54, 1.807) is 4.31 Å². The van der Waals surface area contributed by atoms with Crippen molar-refractivity contribution in [2.24, 2.45) is 5.73 Å². The van der Waals surface area contributed by atoms with Crippen molar-refractivity contribution in [3.8, 4) is 0 Å². The average molecular weight is 311 g/mol. The number of nitrogens with two attached hydrogens (primary N) is 1. The summed E-state index contributed by atoms with van der Waals surface area (Å²) < 4.78 is 26.5. The van der Waals surface area contributed by atoms with E-state index >= 15 is 0 Å². The van der Waals surface area contributed by atoms with E-state index < -0.39 is 10.0 Å². The molecule has 2 rings (SSSR count). The van der Waals surface area contributed by atoms with Crippen LogP contribution < -0.4 is 5.73 Å². The molecule has 1 aromatic carbocycles. The van der Waals surface area contributed by atoms with E-state index in [-0.39, 0.29) is 11.3 Å². The van der Waals surface area contributed by atoms with Crippen LogP contribution in [0, 0.1) is 0 Å². The highest BCUT2D eigenvalue weighted by Crippen LogP contribution is 2.14. The molecule has 2 N–H and O–H groups in total. The minimum Gasteiger partial charge on any atom is -0.324 e. The van der Waals surface area contributed by atoms with Crippen LogP contribution in [0.1, 0.15) is 19.4 Å². The van der Waals surface area contributed by atoms with Gasteiger partial charge in [-0.05, 0) is 19.4 Å². The quantitative estimate of drug-likeness (QED) is 0.876. The Balaban J connectivity index is 1.92. The van der Waals surface area contributed by atoms with E-state index in [1.165, 1.54) is 0 Å². The maximum Gasteiger partial charge on any atom is 0.218 e. The van der Waals surface area contributed by atoms with Crippen LogP contribution in [-0.4, -0.2) is 55.9 Å². The third kappa shape index (κ3) is 5.07. The van der Waals surface area contributed by atoms with Crippen LogP contribution in [-0.2, 0) is 15.8 Å². The highest BCUT2D eigenvalue weighted by atomic mass is 32.2. The Morgan fingerprint density at radius 3 is 2.19 bits per heavy atom. The first kappa shape index (κ1) is 16.4. The maximum absolute atomic E-state index is 12.4. The summed E-state index contributed by atoms with van der Waals surface area (Å²) in [6, 6.07) is 9.33. The zero-order valence-corrected chi connectivity index (χ0v) is 13.6. The van der Waals surface area contributed by atoms with Crippen LogP contribution in [0.2, 0.25) is 0 Å². The molecule has 0 unspecified atom stereocenters. The van der Waals surface area contributed by atoms with E-state index in [2.05, 4.69) is 4.90 Å². The van der Waals surface area contributed by atoms with E-state index in [4.69, 9.17) is 5.73 Å². The highest BCUT2D eigenvalue weighted by Gasteiger charge is 2.28. The first-order valence-corrected chi connectivity index (χ1v) is 8.90. The summed E-state index contributed by atoms with van der Waals surface area (Å²) in [6.45, 7) is 7.36. The fourth-order valence-corrected chi connectivity index (χ4v) is 4.13. The van der Waals surface area contributed by atoms with Crippen LogP contribution in [0.4, 0.5) is 0 Å². The van der Waals surface area contributed by atoms with Gasteiger partial charge in [-0.25, -0.2) is 8.42 Å². The van der Waals surface area contributed by atoms with Crippen molar-refractivity contribution in [3.05, 3.63) is 35.9 Å². The Hall–Kier alpha value is -0.950. The third-order valence-electron chi connectivity index (χ3n) is 3.55. The van der Waals surface area contributed by atoms with E-state index in [1.807, 2.05) is 44.2 Å². The lowest BCUT2D eigenvalue weighted by Crippen LogP contribution is -2.54. The molecule has 118 valence electrons. The topological polar surface area (TPSA) is 66.6 Å². The van der Waals surface area contributed by atoms with Crippen LogP contribution in [0.5, 0.6) is 0 Å². The molecule has 0 aromatic heterocycles. The molecule has 1 aliphatic heterocycles. The number of sulfonamides is 1. The smallest absolute Gasteiger partial charge is 0.218 e. The minimum atomic E-state index is -3.23. The van der Waals surface area contributed by atoms with Crippen LogP contribution in [0.3, 0.4) is 0 Å². The molecule has 21 heavy (non-hydrogen) atoms. The molecule has 5 nitrogen and oxygen atoms in total. The molecule has 0 spiro atoms. The molecule has 0 radical (unpaired) electrons. The number of nitrogens with zero attached hydrogens (tertiary/aromatic N) is 2. The summed E-state index contributed by atoms with van der Waals surface area (Å²) in [5.74, 6) is 0.0796. The second-order valence-corrected chi connectivity index (χ2v) is 8.37. The lowest BCUT2D eigenvalue weighted by molar-refractivity contribution is 0.162. The van der Waals surface area contributed by atoms with Gasteiger partial charge in [0.15, 0.2) is 0 Å². The lowest BCUT2D eigenvalue weighted by Gasteiger charge is -2.37. The molecule has 0 saturated carbocycles. The molecule has 0 amide bonds. The molecule has 6 heteroatoms. The number of hydrogen-bond acceptors (Lipinski definition) is 4. The van der Waals surface area contributed by atoms with Gasteiger partial charge in [0.25, 0.3) is 0 Å². The Bertz CT molecular complexity index is 544. The predicted octanol–water partition coefficient (Wildman–Crippen LogP) is 0.871. The van der Waals surface area contributed by atoms with Crippen molar-refractivity contribution in [3.63, 3.8) is 0 Å². The van der Waals surface area contributed by atoms with Gasteiger partial charge >= 0.3 is 0 Å². The highest BCUT2D eigenvalue weighted by molar-refractivity contribution is 7.88. The third-order valence-corrected chi connectivity index (χ3v) is 5.40. The maximum atomic E-state index is 12.4. The van der Waals surface area contributed by atoms with Gasteiger partial charge in [-0.2, -0.15) is 4.31 Å². The van der Waals surface area contributed by atoms with Crippen molar-refractivity contribution in [2.75, 3.05) is 32.7 Å².